The normalized spacial score (nSPS) is 10.9. The molecule has 1 aromatic heterocycles. The fourth-order valence-corrected chi connectivity index (χ4v) is 2.30. The number of rotatable bonds is 6. The largest absolute Gasteiger partial charge is 0.480 e. The lowest BCUT2D eigenvalue weighted by molar-refractivity contribution is -0.137. The van der Waals surface area contributed by atoms with E-state index in [1.54, 1.807) is 6.07 Å². The van der Waals surface area contributed by atoms with Crippen LogP contribution in [-0.2, 0) is 4.79 Å². The summed E-state index contributed by atoms with van der Waals surface area (Å²) < 4.78 is 15.1. The third kappa shape index (κ3) is 4.08. The highest BCUT2D eigenvalue weighted by atomic mass is 35.5. The zero-order valence-corrected chi connectivity index (χ0v) is 13.9. The summed E-state index contributed by atoms with van der Waals surface area (Å²) in [5.41, 5.74) is -0.0287. The number of halogens is 2. The number of amides is 1. The van der Waals surface area contributed by atoms with Gasteiger partial charge in [0.1, 0.15) is 12.2 Å². The van der Waals surface area contributed by atoms with E-state index in [-0.39, 0.29) is 28.9 Å². The number of hydrogen-bond acceptors (Lipinski definition) is 4. The Morgan fingerprint density at radius 3 is 2.75 bits per heavy atom. The number of nitrogens with zero attached hydrogens (tertiary/aromatic N) is 4. The molecule has 24 heavy (non-hydrogen) atoms. The molecule has 1 N–H and O–H groups in total. The number of carboxylic acid groups (broad SMARTS) is 1. The number of hydrogen-bond donors (Lipinski definition) is 1. The number of carboxylic acids is 1. The van der Waals surface area contributed by atoms with E-state index in [4.69, 9.17) is 16.7 Å². The Labute approximate surface area is 142 Å². The van der Waals surface area contributed by atoms with Gasteiger partial charge >= 0.3 is 5.97 Å². The molecule has 9 heteroatoms. The summed E-state index contributed by atoms with van der Waals surface area (Å²) in [5, 5.41) is 16.3. The van der Waals surface area contributed by atoms with Gasteiger partial charge in [0.25, 0.3) is 5.91 Å². The smallest absolute Gasteiger partial charge is 0.323 e. The zero-order valence-electron chi connectivity index (χ0n) is 13.1. The van der Waals surface area contributed by atoms with Gasteiger partial charge in [-0.1, -0.05) is 36.7 Å². The van der Waals surface area contributed by atoms with Crippen molar-refractivity contribution in [2.24, 2.45) is 5.92 Å². The van der Waals surface area contributed by atoms with Crippen molar-refractivity contribution in [1.82, 2.24) is 19.9 Å². The Morgan fingerprint density at radius 2 is 2.12 bits per heavy atom. The van der Waals surface area contributed by atoms with Crippen LogP contribution in [0, 0.1) is 11.7 Å². The van der Waals surface area contributed by atoms with Gasteiger partial charge in [-0.05, 0) is 18.1 Å². The van der Waals surface area contributed by atoms with Gasteiger partial charge in [-0.3, -0.25) is 9.59 Å². The van der Waals surface area contributed by atoms with Gasteiger partial charge in [0.05, 0.1) is 11.2 Å². The van der Waals surface area contributed by atoms with E-state index in [0.717, 1.165) is 9.58 Å². The number of aliphatic carboxylic acids is 1. The topological polar surface area (TPSA) is 88.3 Å². The Bertz CT molecular complexity index is 763. The minimum absolute atomic E-state index is 0.0442. The fourth-order valence-electron chi connectivity index (χ4n) is 2.13. The van der Waals surface area contributed by atoms with Crippen LogP contribution in [0.1, 0.15) is 24.3 Å². The molecule has 0 saturated heterocycles. The van der Waals surface area contributed by atoms with Crippen molar-refractivity contribution in [3.63, 3.8) is 0 Å². The Balaban J connectivity index is 2.29. The summed E-state index contributed by atoms with van der Waals surface area (Å²) in [6, 6.07) is 4.37. The molecule has 0 spiro atoms. The van der Waals surface area contributed by atoms with E-state index < -0.39 is 24.2 Å². The van der Waals surface area contributed by atoms with Crippen LogP contribution in [0.15, 0.2) is 24.4 Å². The summed E-state index contributed by atoms with van der Waals surface area (Å²) >= 11 is 5.72. The predicted octanol–water partition coefficient (Wildman–Crippen LogP) is 2.24. The summed E-state index contributed by atoms with van der Waals surface area (Å²) in [6.07, 6.45) is 1.24. The SMILES string of the molecule is CC(C)CN(CC(=O)O)C(=O)c1cn(-c2cccc(Cl)c2F)nn1. The van der Waals surface area contributed by atoms with Gasteiger partial charge in [0, 0.05) is 6.54 Å². The van der Waals surface area contributed by atoms with E-state index in [1.165, 1.54) is 18.3 Å². The maximum absolute atomic E-state index is 14.0. The first kappa shape index (κ1) is 17.9. The van der Waals surface area contributed by atoms with Gasteiger partial charge in [0.2, 0.25) is 0 Å². The number of aromatic nitrogens is 3. The second kappa shape index (κ2) is 7.39. The molecule has 7 nitrogen and oxygen atoms in total. The lowest BCUT2D eigenvalue weighted by atomic mass is 10.2. The fraction of sp³-hybridized carbons (Fsp3) is 0.333. The number of carbonyl (C=O) groups excluding carboxylic acids is 1. The molecular formula is C15H16ClFN4O3. The van der Waals surface area contributed by atoms with Crippen molar-refractivity contribution in [3.05, 3.63) is 40.9 Å². The molecule has 0 aliphatic carbocycles. The highest BCUT2D eigenvalue weighted by Gasteiger charge is 2.23. The van der Waals surface area contributed by atoms with Crippen LogP contribution < -0.4 is 0 Å². The van der Waals surface area contributed by atoms with Gasteiger partial charge in [-0.2, -0.15) is 0 Å². The third-order valence-electron chi connectivity index (χ3n) is 3.09. The first-order valence-corrected chi connectivity index (χ1v) is 7.55. The second-order valence-corrected chi connectivity index (χ2v) is 6.00. The van der Waals surface area contributed by atoms with E-state index in [0.29, 0.717) is 0 Å². The maximum atomic E-state index is 14.0. The molecular weight excluding hydrogens is 339 g/mol. The second-order valence-electron chi connectivity index (χ2n) is 5.59. The van der Waals surface area contributed by atoms with Crippen molar-refractivity contribution >= 4 is 23.5 Å². The van der Waals surface area contributed by atoms with Crippen LogP contribution in [-0.4, -0.2) is 50.0 Å². The lowest BCUT2D eigenvalue weighted by Gasteiger charge is -2.21. The Kier molecular flexibility index (Phi) is 5.50. The molecule has 2 rings (SSSR count). The van der Waals surface area contributed by atoms with Crippen molar-refractivity contribution in [2.75, 3.05) is 13.1 Å². The van der Waals surface area contributed by atoms with Crippen LogP contribution in [0.4, 0.5) is 4.39 Å². The van der Waals surface area contributed by atoms with Gasteiger partial charge in [0.15, 0.2) is 11.5 Å². The highest BCUT2D eigenvalue weighted by molar-refractivity contribution is 6.30. The van der Waals surface area contributed by atoms with Gasteiger partial charge < -0.3 is 10.0 Å². The van der Waals surface area contributed by atoms with Crippen molar-refractivity contribution in [2.45, 2.75) is 13.8 Å². The molecule has 0 radical (unpaired) electrons. The summed E-state index contributed by atoms with van der Waals surface area (Å²) in [5.74, 6) is -2.32. The molecule has 0 saturated carbocycles. The van der Waals surface area contributed by atoms with Gasteiger partial charge in [-0.15, -0.1) is 5.10 Å². The molecule has 0 atom stereocenters. The standard InChI is InChI=1S/C15H16ClFN4O3/c1-9(2)6-20(8-13(22)23)15(24)11-7-21(19-18-11)12-5-3-4-10(16)14(12)17/h3-5,7,9H,6,8H2,1-2H3,(H,22,23). The van der Waals surface area contributed by atoms with Gasteiger partial charge in [-0.25, -0.2) is 9.07 Å². The molecule has 2 aromatic rings. The molecule has 1 amide bonds. The minimum Gasteiger partial charge on any atom is -0.480 e. The van der Waals surface area contributed by atoms with E-state index in [2.05, 4.69) is 10.3 Å². The Hall–Kier alpha value is -2.48. The van der Waals surface area contributed by atoms with Crippen molar-refractivity contribution in [1.29, 1.82) is 0 Å². The van der Waals surface area contributed by atoms with Crippen LogP contribution >= 0.6 is 11.6 Å². The zero-order chi connectivity index (χ0) is 17.9. The number of benzene rings is 1. The summed E-state index contributed by atoms with van der Waals surface area (Å²) in [7, 11) is 0. The highest BCUT2D eigenvalue weighted by Crippen LogP contribution is 2.20. The minimum atomic E-state index is -1.13. The van der Waals surface area contributed by atoms with E-state index in [9.17, 15) is 14.0 Å². The molecule has 0 unspecified atom stereocenters. The maximum Gasteiger partial charge on any atom is 0.323 e. The molecule has 0 aliphatic rings. The monoisotopic (exact) mass is 354 g/mol. The van der Waals surface area contributed by atoms with Crippen molar-refractivity contribution < 1.29 is 19.1 Å². The molecule has 1 heterocycles. The molecule has 1 aromatic carbocycles. The van der Waals surface area contributed by atoms with Crippen LogP contribution in [0.2, 0.25) is 5.02 Å². The summed E-state index contributed by atoms with van der Waals surface area (Å²) in [4.78, 5) is 24.5. The number of carbonyl (C=O) groups is 2. The van der Waals surface area contributed by atoms with Crippen molar-refractivity contribution in [3.8, 4) is 5.69 Å². The lowest BCUT2D eigenvalue weighted by Crippen LogP contribution is -2.38. The first-order chi connectivity index (χ1) is 11.3. The van der Waals surface area contributed by atoms with Crippen LogP contribution in [0.5, 0.6) is 0 Å². The molecule has 0 bridgehead atoms. The average Bonchev–Trinajstić information content (AvgIpc) is 2.97. The summed E-state index contributed by atoms with van der Waals surface area (Å²) in [6.45, 7) is 3.53. The van der Waals surface area contributed by atoms with E-state index in [1.807, 2.05) is 13.8 Å². The predicted molar refractivity (Wildman–Crippen MR) is 84.7 cm³/mol. The average molecular weight is 355 g/mol. The van der Waals surface area contributed by atoms with Crippen LogP contribution in [0.25, 0.3) is 5.69 Å². The van der Waals surface area contributed by atoms with E-state index >= 15 is 0 Å². The third-order valence-corrected chi connectivity index (χ3v) is 3.38. The van der Waals surface area contributed by atoms with Crippen LogP contribution in [0.3, 0.4) is 0 Å². The quantitative estimate of drug-likeness (QED) is 0.859. The first-order valence-electron chi connectivity index (χ1n) is 7.17. The molecule has 128 valence electrons. The molecule has 0 fully saturated rings. The molecule has 0 aliphatic heterocycles. The Morgan fingerprint density at radius 1 is 1.42 bits per heavy atom.